The molecule has 2 heterocycles. The van der Waals surface area contributed by atoms with Crippen LogP contribution in [0, 0.1) is 0 Å². The summed E-state index contributed by atoms with van der Waals surface area (Å²) in [7, 11) is -2.17. The summed E-state index contributed by atoms with van der Waals surface area (Å²) in [4.78, 5) is 4.91. The quantitative estimate of drug-likeness (QED) is 0.710. The van der Waals surface area contributed by atoms with Crippen molar-refractivity contribution in [3.8, 4) is 5.75 Å². The van der Waals surface area contributed by atoms with Gasteiger partial charge in [0.15, 0.2) is 0 Å². The molecule has 0 radical (unpaired) electrons. The summed E-state index contributed by atoms with van der Waals surface area (Å²) in [6, 6.07) is 14.5. The monoisotopic (exact) mass is 371 g/mol. The highest BCUT2D eigenvalue weighted by Crippen LogP contribution is 2.30. The molecule has 0 spiro atoms. The van der Waals surface area contributed by atoms with Crippen LogP contribution in [-0.2, 0) is 23.0 Å². The molecule has 0 bridgehead atoms. The van der Waals surface area contributed by atoms with Gasteiger partial charge in [-0.2, -0.15) is 4.31 Å². The maximum Gasteiger partial charge on any atom is 0.247 e. The van der Waals surface area contributed by atoms with E-state index in [1.807, 2.05) is 31.2 Å². The van der Waals surface area contributed by atoms with E-state index in [0.717, 1.165) is 16.9 Å². The number of para-hydroxylation sites is 3. The van der Waals surface area contributed by atoms with Gasteiger partial charge in [0, 0.05) is 25.6 Å². The van der Waals surface area contributed by atoms with Crippen molar-refractivity contribution in [2.24, 2.45) is 0 Å². The second kappa shape index (κ2) is 6.41. The van der Waals surface area contributed by atoms with Crippen molar-refractivity contribution in [1.82, 2.24) is 13.9 Å². The molecule has 1 aromatic heterocycles. The zero-order chi connectivity index (χ0) is 18.3. The highest BCUT2D eigenvalue weighted by Gasteiger charge is 2.34. The smallest absolute Gasteiger partial charge is 0.247 e. The van der Waals surface area contributed by atoms with E-state index in [2.05, 4.69) is 4.57 Å². The average Bonchev–Trinajstić information content (AvgIpc) is 2.89. The van der Waals surface area contributed by atoms with Gasteiger partial charge in [-0.25, -0.2) is 13.4 Å². The van der Waals surface area contributed by atoms with Crippen LogP contribution in [0.1, 0.15) is 12.7 Å². The number of hydrogen-bond acceptors (Lipinski definition) is 4. The molecule has 7 heteroatoms. The van der Waals surface area contributed by atoms with E-state index >= 15 is 0 Å². The van der Waals surface area contributed by atoms with E-state index in [4.69, 9.17) is 9.72 Å². The highest BCUT2D eigenvalue weighted by atomic mass is 32.2. The Bertz CT molecular complexity index is 1060. The van der Waals surface area contributed by atoms with Crippen molar-refractivity contribution in [3.63, 3.8) is 0 Å². The lowest BCUT2D eigenvalue weighted by molar-refractivity contribution is 0.337. The first kappa shape index (κ1) is 17.1. The van der Waals surface area contributed by atoms with Gasteiger partial charge in [0.05, 0.1) is 18.1 Å². The van der Waals surface area contributed by atoms with Gasteiger partial charge in [0.1, 0.15) is 16.5 Å². The maximum absolute atomic E-state index is 13.3. The normalized spacial score (nSPS) is 18.5. The molecule has 0 aliphatic carbocycles. The van der Waals surface area contributed by atoms with Gasteiger partial charge in [-0.1, -0.05) is 24.3 Å². The van der Waals surface area contributed by atoms with Crippen molar-refractivity contribution < 1.29 is 13.2 Å². The fourth-order valence-electron chi connectivity index (χ4n) is 3.63. The fraction of sp³-hybridized carbons (Fsp3) is 0.316. The average molecular weight is 371 g/mol. The van der Waals surface area contributed by atoms with Crippen molar-refractivity contribution in [3.05, 3.63) is 54.4 Å². The molecule has 0 saturated heterocycles. The first-order chi connectivity index (χ1) is 12.5. The number of rotatable bonds is 3. The number of aromatic nitrogens is 2. The minimum Gasteiger partial charge on any atom is -0.495 e. The standard InChI is InChI=1S/C19H21N3O3S/c1-14-13-19-20-15-7-3-4-8-16(15)21(19)11-12-22(14)26(23,24)18-10-6-5-9-17(18)25-2/h3-10,14H,11-13H2,1-2H3. The Morgan fingerprint density at radius 2 is 1.81 bits per heavy atom. The molecule has 0 N–H and O–H groups in total. The van der Waals surface area contributed by atoms with E-state index < -0.39 is 10.0 Å². The number of ether oxygens (including phenoxy) is 1. The Morgan fingerprint density at radius 3 is 2.62 bits per heavy atom. The molecule has 6 nitrogen and oxygen atoms in total. The molecule has 136 valence electrons. The number of nitrogens with zero attached hydrogens (tertiary/aromatic N) is 3. The summed E-state index contributed by atoms with van der Waals surface area (Å²) in [5, 5.41) is 0. The van der Waals surface area contributed by atoms with E-state index in [-0.39, 0.29) is 10.9 Å². The van der Waals surface area contributed by atoms with Crippen LogP contribution in [0.4, 0.5) is 0 Å². The molecule has 0 amide bonds. The van der Waals surface area contributed by atoms with Gasteiger partial charge >= 0.3 is 0 Å². The van der Waals surface area contributed by atoms with Crippen molar-refractivity contribution >= 4 is 21.1 Å². The zero-order valence-corrected chi connectivity index (χ0v) is 15.6. The SMILES string of the molecule is COc1ccccc1S(=O)(=O)N1CCn2c(nc3ccccc32)CC1C. The molecule has 3 aromatic rings. The van der Waals surface area contributed by atoms with Gasteiger partial charge in [0.25, 0.3) is 0 Å². The molecule has 1 unspecified atom stereocenters. The van der Waals surface area contributed by atoms with E-state index in [1.54, 1.807) is 28.6 Å². The first-order valence-electron chi connectivity index (χ1n) is 8.61. The van der Waals surface area contributed by atoms with Crippen molar-refractivity contribution in [1.29, 1.82) is 0 Å². The van der Waals surface area contributed by atoms with Gasteiger partial charge < -0.3 is 9.30 Å². The molecule has 0 saturated carbocycles. The third-order valence-corrected chi connectivity index (χ3v) is 6.96. The topological polar surface area (TPSA) is 64.4 Å². The van der Waals surface area contributed by atoms with Crippen LogP contribution < -0.4 is 4.74 Å². The second-order valence-corrected chi connectivity index (χ2v) is 8.35. The number of imidazole rings is 1. The lowest BCUT2D eigenvalue weighted by Crippen LogP contribution is -2.40. The predicted molar refractivity (Wildman–Crippen MR) is 99.8 cm³/mol. The molecule has 1 aliphatic heterocycles. The summed E-state index contributed by atoms with van der Waals surface area (Å²) in [6.45, 7) is 2.91. The van der Waals surface area contributed by atoms with Crippen LogP contribution in [0.5, 0.6) is 5.75 Å². The molecule has 4 rings (SSSR count). The number of sulfonamides is 1. The zero-order valence-electron chi connectivity index (χ0n) is 14.8. The Balaban J connectivity index is 1.73. The van der Waals surface area contributed by atoms with Crippen LogP contribution in [0.2, 0.25) is 0 Å². The lowest BCUT2D eigenvalue weighted by atomic mass is 10.2. The van der Waals surface area contributed by atoms with Crippen LogP contribution >= 0.6 is 0 Å². The summed E-state index contributed by atoms with van der Waals surface area (Å²) < 4.78 is 35.5. The van der Waals surface area contributed by atoms with E-state index in [9.17, 15) is 8.42 Å². The Morgan fingerprint density at radius 1 is 1.08 bits per heavy atom. The van der Waals surface area contributed by atoms with Crippen LogP contribution in [-0.4, -0.2) is 42.0 Å². The minimum atomic E-state index is -3.66. The Hall–Kier alpha value is -2.38. The molecular weight excluding hydrogens is 350 g/mol. The van der Waals surface area contributed by atoms with Crippen molar-refractivity contribution in [2.45, 2.75) is 30.8 Å². The summed E-state index contributed by atoms with van der Waals surface area (Å²) >= 11 is 0. The second-order valence-electron chi connectivity index (χ2n) is 6.49. The molecular formula is C19H21N3O3S. The first-order valence-corrected chi connectivity index (χ1v) is 10.1. The van der Waals surface area contributed by atoms with Gasteiger partial charge in [-0.3, -0.25) is 0 Å². The maximum atomic E-state index is 13.3. The van der Waals surface area contributed by atoms with Crippen LogP contribution in [0.15, 0.2) is 53.4 Å². The molecule has 1 aliphatic rings. The number of fused-ring (bicyclic) bond motifs is 3. The van der Waals surface area contributed by atoms with Gasteiger partial charge in [-0.15, -0.1) is 0 Å². The molecule has 0 fully saturated rings. The third kappa shape index (κ3) is 2.68. The number of hydrogen-bond donors (Lipinski definition) is 0. The summed E-state index contributed by atoms with van der Waals surface area (Å²) in [5.74, 6) is 1.29. The predicted octanol–water partition coefficient (Wildman–Crippen LogP) is 2.68. The Labute approximate surface area is 153 Å². The number of methoxy groups -OCH3 is 1. The van der Waals surface area contributed by atoms with Crippen LogP contribution in [0.25, 0.3) is 11.0 Å². The molecule has 1 atom stereocenters. The van der Waals surface area contributed by atoms with E-state index in [1.165, 1.54) is 7.11 Å². The Kier molecular flexibility index (Phi) is 4.20. The highest BCUT2D eigenvalue weighted by molar-refractivity contribution is 7.89. The largest absolute Gasteiger partial charge is 0.495 e. The lowest BCUT2D eigenvalue weighted by Gasteiger charge is -2.26. The number of benzene rings is 2. The minimum absolute atomic E-state index is 0.192. The summed E-state index contributed by atoms with van der Waals surface area (Å²) in [5.41, 5.74) is 2.00. The fourth-order valence-corrected chi connectivity index (χ4v) is 5.41. The third-order valence-electron chi connectivity index (χ3n) is 4.90. The van der Waals surface area contributed by atoms with Gasteiger partial charge in [-0.05, 0) is 31.2 Å². The van der Waals surface area contributed by atoms with E-state index in [0.29, 0.717) is 25.3 Å². The van der Waals surface area contributed by atoms with Crippen molar-refractivity contribution in [2.75, 3.05) is 13.7 Å². The van der Waals surface area contributed by atoms with Crippen LogP contribution in [0.3, 0.4) is 0 Å². The van der Waals surface area contributed by atoms with Gasteiger partial charge in [0.2, 0.25) is 10.0 Å². The molecule has 2 aromatic carbocycles. The molecule has 26 heavy (non-hydrogen) atoms. The summed E-state index contributed by atoms with van der Waals surface area (Å²) in [6.07, 6.45) is 0.572.